The Balaban J connectivity index is 1.65. The van der Waals surface area contributed by atoms with Gasteiger partial charge in [-0.05, 0) is 57.0 Å². The maximum absolute atomic E-state index is 14.1. The Morgan fingerprint density at radius 2 is 1.70 bits per heavy atom. The molecule has 8 heteroatoms. The molecular weight excluding hydrogens is 425 g/mol. The van der Waals surface area contributed by atoms with Crippen molar-refractivity contribution in [3.8, 4) is 5.75 Å². The highest BCUT2D eigenvalue weighted by Crippen LogP contribution is 2.21. The summed E-state index contributed by atoms with van der Waals surface area (Å²) in [5.41, 5.74) is 0.777. The van der Waals surface area contributed by atoms with Crippen molar-refractivity contribution in [3.63, 3.8) is 0 Å². The van der Waals surface area contributed by atoms with Gasteiger partial charge in [-0.2, -0.15) is 0 Å². The fourth-order valence-electron chi connectivity index (χ4n) is 3.79. The summed E-state index contributed by atoms with van der Waals surface area (Å²) in [5, 5.41) is 12.6. The number of rotatable bonds is 7. The largest absolute Gasteiger partial charge is 0.508 e. The molecule has 1 fully saturated rings. The smallest absolute Gasteiger partial charge is 0.320 e. The molecule has 1 saturated heterocycles. The van der Waals surface area contributed by atoms with Crippen LogP contribution in [0.2, 0.25) is 0 Å². The number of halogens is 1. The zero-order valence-electron chi connectivity index (χ0n) is 19.4. The van der Waals surface area contributed by atoms with Crippen LogP contribution in [0.25, 0.3) is 0 Å². The molecular formula is C25H32FN3O4. The number of phenols is 1. The SMILES string of the molecule is CC(C)(C)OC(=O)CNC(Cc1ccc(O)cc1)C(=O)N1CCN(c2ccccc2F)CC1. The minimum absolute atomic E-state index is 0.0963. The third-order valence-corrected chi connectivity index (χ3v) is 5.37. The van der Waals surface area contributed by atoms with E-state index >= 15 is 0 Å². The van der Waals surface area contributed by atoms with E-state index in [0.29, 0.717) is 38.3 Å². The van der Waals surface area contributed by atoms with E-state index in [9.17, 15) is 19.1 Å². The van der Waals surface area contributed by atoms with Gasteiger partial charge in [0.15, 0.2) is 0 Å². The quantitative estimate of drug-likeness (QED) is 0.623. The van der Waals surface area contributed by atoms with E-state index in [4.69, 9.17) is 4.74 Å². The zero-order chi connectivity index (χ0) is 24.0. The Morgan fingerprint density at radius 3 is 2.30 bits per heavy atom. The highest BCUT2D eigenvalue weighted by atomic mass is 19.1. The van der Waals surface area contributed by atoms with Gasteiger partial charge < -0.3 is 19.6 Å². The first kappa shape index (κ1) is 24.5. The maximum Gasteiger partial charge on any atom is 0.320 e. The van der Waals surface area contributed by atoms with E-state index in [1.807, 2.05) is 4.90 Å². The molecule has 2 aromatic rings. The van der Waals surface area contributed by atoms with Crippen molar-refractivity contribution < 1.29 is 23.8 Å². The number of para-hydroxylation sites is 1. The van der Waals surface area contributed by atoms with Crippen LogP contribution in [-0.2, 0) is 20.7 Å². The molecule has 3 rings (SSSR count). The summed E-state index contributed by atoms with van der Waals surface area (Å²) in [4.78, 5) is 29.2. The highest BCUT2D eigenvalue weighted by Gasteiger charge is 2.29. The minimum atomic E-state index is -0.637. The van der Waals surface area contributed by atoms with E-state index in [2.05, 4.69) is 5.32 Å². The van der Waals surface area contributed by atoms with Crippen LogP contribution < -0.4 is 10.2 Å². The Bertz CT molecular complexity index is 951. The number of hydrogen-bond acceptors (Lipinski definition) is 6. The average Bonchev–Trinajstić information content (AvgIpc) is 2.77. The van der Waals surface area contributed by atoms with Crippen LogP contribution >= 0.6 is 0 Å². The lowest BCUT2D eigenvalue weighted by Crippen LogP contribution is -2.55. The number of nitrogens with one attached hydrogen (secondary N) is 1. The predicted molar refractivity (Wildman–Crippen MR) is 125 cm³/mol. The first-order chi connectivity index (χ1) is 15.6. The molecule has 1 atom stereocenters. The van der Waals surface area contributed by atoms with Crippen LogP contribution in [0.1, 0.15) is 26.3 Å². The molecule has 0 spiro atoms. The number of phenolic OH excluding ortho intramolecular Hbond substituents is 1. The Hall–Kier alpha value is -3.13. The Kier molecular flexibility index (Phi) is 7.92. The molecule has 1 heterocycles. The molecule has 0 aromatic heterocycles. The topological polar surface area (TPSA) is 82.1 Å². The number of benzene rings is 2. The molecule has 0 bridgehead atoms. The molecule has 1 aliphatic heterocycles. The number of nitrogens with zero attached hydrogens (tertiary/aromatic N) is 2. The normalized spacial score (nSPS) is 15.3. The maximum atomic E-state index is 14.1. The summed E-state index contributed by atoms with van der Waals surface area (Å²) in [6, 6.07) is 12.6. The van der Waals surface area contributed by atoms with Crippen molar-refractivity contribution in [2.45, 2.75) is 38.8 Å². The predicted octanol–water partition coefficient (Wildman–Crippen LogP) is 2.72. The standard InChI is InChI=1S/C25H32FN3O4/c1-25(2,3)33-23(31)17-27-21(16-18-8-10-19(30)11-9-18)24(32)29-14-12-28(13-15-29)22-7-5-4-6-20(22)26/h4-11,21,27,30H,12-17H2,1-3H3. The number of carbonyl (C=O) groups excluding carboxylic acids is 2. The molecule has 1 amide bonds. The van der Waals surface area contributed by atoms with E-state index in [1.54, 1.807) is 68.1 Å². The van der Waals surface area contributed by atoms with Crippen LogP contribution in [0, 0.1) is 5.82 Å². The van der Waals surface area contributed by atoms with Crippen LogP contribution in [0.15, 0.2) is 48.5 Å². The first-order valence-corrected chi connectivity index (χ1v) is 11.1. The second-order valence-corrected chi connectivity index (χ2v) is 9.15. The lowest BCUT2D eigenvalue weighted by Gasteiger charge is -2.37. The Morgan fingerprint density at radius 1 is 1.06 bits per heavy atom. The molecule has 1 unspecified atom stereocenters. The number of hydrogen-bond donors (Lipinski definition) is 2. The summed E-state index contributed by atoms with van der Waals surface area (Å²) >= 11 is 0. The van der Waals surface area contributed by atoms with Crippen LogP contribution in [-0.4, -0.2) is 66.2 Å². The van der Waals surface area contributed by atoms with Gasteiger partial charge >= 0.3 is 5.97 Å². The third kappa shape index (κ3) is 7.18. The molecule has 1 aliphatic rings. The summed E-state index contributed by atoms with van der Waals surface area (Å²) in [7, 11) is 0. The number of anilines is 1. The van der Waals surface area contributed by atoms with Gasteiger partial charge in [0.2, 0.25) is 5.91 Å². The molecule has 2 aromatic carbocycles. The van der Waals surface area contributed by atoms with Crippen molar-refractivity contribution in [2.24, 2.45) is 0 Å². The summed E-state index contributed by atoms with van der Waals surface area (Å²) in [6.45, 7) is 7.22. The lowest BCUT2D eigenvalue weighted by atomic mass is 10.0. The van der Waals surface area contributed by atoms with E-state index in [0.717, 1.165) is 5.56 Å². The van der Waals surface area contributed by atoms with E-state index in [1.165, 1.54) is 6.07 Å². The van der Waals surface area contributed by atoms with Crippen molar-refractivity contribution in [1.29, 1.82) is 0 Å². The third-order valence-electron chi connectivity index (χ3n) is 5.37. The second-order valence-electron chi connectivity index (χ2n) is 9.15. The molecule has 2 N–H and O–H groups in total. The van der Waals surface area contributed by atoms with Gasteiger partial charge in [-0.25, -0.2) is 4.39 Å². The minimum Gasteiger partial charge on any atom is -0.508 e. The van der Waals surface area contributed by atoms with Crippen molar-refractivity contribution in [3.05, 3.63) is 59.9 Å². The molecule has 178 valence electrons. The number of amides is 1. The molecule has 0 saturated carbocycles. The number of esters is 1. The van der Waals surface area contributed by atoms with E-state index < -0.39 is 17.6 Å². The monoisotopic (exact) mass is 457 g/mol. The van der Waals surface area contributed by atoms with Gasteiger partial charge in [0.1, 0.15) is 17.2 Å². The van der Waals surface area contributed by atoms with Gasteiger partial charge in [0.25, 0.3) is 0 Å². The van der Waals surface area contributed by atoms with Gasteiger partial charge in [0.05, 0.1) is 18.3 Å². The zero-order valence-corrected chi connectivity index (χ0v) is 19.4. The first-order valence-electron chi connectivity index (χ1n) is 11.1. The van der Waals surface area contributed by atoms with Crippen LogP contribution in [0.5, 0.6) is 5.75 Å². The van der Waals surface area contributed by atoms with Crippen LogP contribution in [0.4, 0.5) is 10.1 Å². The second kappa shape index (κ2) is 10.7. The number of ether oxygens (including phenoxy) is 1. The van der Waals surface area contributed by atoms with Gasteiger partial charge in [-0.15, -0.1) is 0 Å². The van der Waals surface area contributed by atoms with Crippen molar-refractivity contribution >= 4 is 17.6 Å². The molecule has 33 heavy (non-hydrogen) atoms. The van der Waals surface area contributed by atoms with Gasteiger partial charge in [-0.1, -0.05) is 24.3 Å². The number of aromatic hydroxyl groups is 1. The Labute approximate surface area is 194 Å². The number of carbonyl (C=O) groups is 2. The fraction of sp³-hybridized carbons (Fsp3) is 0.440. The average molecular weight is 458 g/mol. The summed E-state index contributed by atoms with van der Waals surface area (Å²) < 4.78 is 19.5. The highest BCUT2D eigenvalue weighted by molar-refractivity contribution is 5.83. The van der Waals surface area contributed by atoms with E-state index in [-0.39, 0.29) is 24.0 Å². The van der Waals surface area contributed by atoms with Crippen molar-refractivity contribution in [2.75, 3.05) is 37.6 Å². The van der Waals surface area contributed by atoms with Gasteiger partial charge in [0, 0.05) is 26.2 Å². The molecule has 0 aliphatic carbocycles. The molecule has 0 radical (unpaired) electrons. The number of piperazine rings is 1. The lowest BCUT2D eigenvalue weighted by molar-refractivity contribution is -0.153. The van der Waals surface area contributed by atoms with Crippen LogP contribution in [0.3, 0.4) is 0 Å². The van der Waals surface area contributed by atoms with Gasteiger partial charge in [-0.3, -0.25) is 14.9 Å². The fourth-order valence-corrected chi connectivity index (χ4v) is 3.79. The summed E-state index contributed by atoms with van der Waals surface area (Å²) in [5.74, 6) is -0.690. The van der Waals surface area contributed by atoms with Crippen molar-refractivity contribution in [1.82, 2.24) is 10.2 Å². The summed E-state index contributed by atoms with van der Waals surface area (Å²) in [6.07, 6.45) is 0.357. The molecule has 7 nitrogen and oxygen atoms in total.